The van der Waals surface area contributed by atoms with Crippen molar-refractivity contribution in [1.29, 1.82) is 0 Å². The summed E-state index contributed by atoms with van der Waals surface area (Å²) in [5, 5.41) is 9.53. The highest BCUT2D eigenvalue weighted by Gasteiger charge is 2.31. The van der Waals surface area contributed by atoms with Gasteiger partial charge in [0.15, 0.2) is 5.82 Å². The number of rotatable bonds is 5. The van der Waals surface area contributed by atoms with E-state index in [-0.39, 0.29) is 5.41 Å². The van der Waals surface area contributed by atoms with E-state index in [0.29, 0.717) is 35.0 Å². The van der Waals surface area contributed by atoms with Gasteiger partial charge in [0.1, 0.15) is 28.6 Å². The lowest BCUT2D eigenvalue weighted by Gasteiger charge is -2.41. The van der Waals surface area contributed by atoms with Crippen molar-refractivity contribution in [3.05, 3.63) is 54.3 Å². The molecular formula is C31H41N9O2. The van der Waals surface area contributed by atoms with Crippen LogP contribution in [-0.4, -0.2) is 74.6 Å². The van der Waals surface area contributed by atoms with Gasteiger partial charge in [-0.1, -0.05) is 38.1 Å². The summed E-state index contributed by atoms with van der Waals surface area (Å²) in [6.45, 7) is 10.7. The van der Waals surface area contributed by atoms with E-state index in [0.717, 1.165) is 61.6 Å². The second kappa shape index (κ2) is 11.4. The van der Waals surface area contributed by atoms with Gasteiger partial charge < -0.3 is 20.5 Å². The molecule has 6 rings (SSSR count). The molecule has 11 heteroatoms. The Morgan fingerprint density at radius 1 is 1.02 bits per heavy atom. The molecule has 1 saturated carbocycles. The Bertz CT molecular complexity index is 1540. The molecule has 2 aliphatic rings. The fraction of sp³-hybridized carbons (Fsp3) is 0.484. The molecule has 2 fully saturated rings. The van der Waals surface area contributed by atoms with Crippen LogP contribution in [0.25, 0.3) is 16.8 Å². The summed E-state index contributed by atoms with van der Waals surface area (Å²) in [6.07, 6.45) is 8.31. The minimum absolute atomic E-state index is 0.195. The quantitative estimate of drug-likeness (QED) is 0.299. The number of benzene rings is 1. The summed E-state index contributed by atoms with van der Waals surface area (Å²) < 4.78 is 7.48. The van der Waals surface area contributed by atoms with Crippen LogP contribution in [-0.2, 0) is 5.41 Å². The molecule has 0 unspecified atom stereocenters. The first-order chi connectivity index (χ1) is 20.2. The zero-order chi connectivity index (χ0) is 29.4. The van der Waals surface area contributed by atoms with Crippen LogP contribution >= 0.6 is 0 Å². The fourth-order valence-corrected chi connectivity index (χ4v) is 6.14. The number of likely N-dealkylation sites (N-methyl/N-ethyl adjacent to an activating group) is 1. The third kappa shape index (κ3) is 5.84. The van der Waals surface area contributed by atoms with Crippen LogP contribution in [0.2, 0.25) is 0 Å². The van der Waals surface area contributed by atoms with Gasteiger partial charge in [-0.05, 0) is 44.9 Å². The zero-order valence-corrected chi connectivity index (χ0v) is 24.9. The van der Waals surface area contributed by atoms with Gasteiger partial charge in [-0.25, -0.2) is 14.8 Å². The van der Waals surface area contributed by atoms with Crippen molar-refractivity contribution in [3.8, 4) is 11.3 Å². The van der Waals surface area contributed by atoms with Crippen LogP contribution in [0.15, 0.2) is 47.2 Å². The highest BCUT2D eigenvalue weighted by Crippen LogP contribution is 2.38. The Hall–Kier alpha value is -3.96. The fourth-order valence-electron chi connectivity index (χ4n) is 6.14. The molecule has 222 valence electrons. The molecule has 1 aliphatic heterocycles. The molecular weight excluding hydrogens is 530 g/mol. The lowest BCUT2D eigenvalue weighted by molar-refractivity contribution is 0.0872. The van der Waals surface area contributed by atoms with Gasteiger partial charge in [-0.2, -0.15) is 0 Å². The summed E-state index contributed by atoms with van der Waals surface area (Å²) >= 11 is 0. The monoisotopic (exact) mass is 571 g/mol. The molecule has 4 aromatic rings. The van der Waals surface area contributed by atoms with Crippen molar-refractivity contribution in [2.24, 2.45) is 0 Å². The number of imidazole rings is 1. The summed E-state index contributed by atoms with van der Waals surface area (Å²) in [5.74, 6) is 2.95. The Balaban J connectivity index is 1.16. The average Bonchev–Trinajstić information content (AvgIpc) is 3.60. The number of carbonyl (C=O) groups excluding carboxylic acids is 1. The van der Waals surface area contributed by atoms with Gasteiger partial charge in [-0.3, -0.25) is 14.6 Å². The number of piperazine rings is 1. The first kappa shape index (κ1) is 28.2. The Labute approximate surface area is 246 Å². The predicted molar refractivity (Wildman–Crippen MR) is 165 cm³/mol. The highest BCUT2D eigenvalue weighted by molar-refractivity contribution is 5.99. The van der Waals surface area contributed by atoms with Gasteiger partial charge in [0, 0.05) is 73.3 Å². The Morgan fingerprint density at radius 3 is 2.40 bits per heavy atom. The molecule has 4 N–H and O–H groups in total. The molecule has 4 heterocycles. The van der Waals surface area contributed by atoms with E-state index in [1.54, 1.807) is 12.3 Å². The van der Waals surface area contributed by atoms with E-state index >= 15 is 0 Å². The van der Waals surface area contributed by atoms with E-state index in [1.807, 2.05) is 51.2 Å². The first-order valence-corrected chi connectivity index (χ1v) is 14.9. The molecule has 2 amide bonds. The number of fused-ring (bicyclic) bond motifs is 1. The maximum absolute atomic E-state index is 12.6. The van der Waals surface area contributed by atoms with Crippen LogP contribution in [0, 0.1) is 0 Å². The van der Waals surface area contributed by atoms with Gasteiger partial charge >= 0.3 is 6.03 Å². The van der Waals surface area contributed by atoms with E-state index < -0.39 is 6.03 Å². The number of nitrogens with zero attached hydrogens (tertiary/aromatic N) is 6. The van der Waals surface area contributed by atoms with Crippen molar-refractivity contribution < 1.29 is 9.32 Å². The zero-order valence-electron chi connectivity index (χ0n) is 24.9. The van der Waals surface area contributed by atoms with E-state index in [2.05, 4.69) is 42.0 Å². The number of carbonyl (C=O) groups is 1. The molecule has 0 radical (unpaired) electrons. The number of hydrogen-bond acceptors (Lipinski definition) is 8. The van der Waals surface area contributed by atoms with Crippen LogP contribution in [0.1, 0.15) is 64.0 Å². The maximum Gasteiger partial charge on any atom is 0.324 e. The number of amides is 2. The van der Waals surface area contributed by atoms with Crippen LogP contribution in [0.4, 0.5) is 22.1 Å². The smallest absolute Gasteiger partial charge is 0.324 e. The minimum atomic E-state index is -0.396. The van der Waals surface area contributed by atoms with Crippen molar-refractivity contribution in [2.45, 2.75) is 63.8 Å². The van der Waals surface area contributed by atoms with Crippen molar-refractivity contribution in [1.82, 2.24) is 29.3 Å². The number of nitrogens with one attached hydrogen (secondary N) is 2. The van der Waals surface area contributed by atoms with Gasteiger partial charge in [0.25, 0.3) is 0 Å². The maximum atomic E-state index is 12.6. The van der Waals surface area contributed by atoms with Crippen molar-refractivity contribution >= 4 is 28.9 Å². The summed E-state index contributed by atoms with van der Waals surface area (Å²) in [5.41, 5.74) is 9.41. The topological polar surface area (TPSA) is 130 Å². The summed E-state index contributed by atoms with van der Waals surface area (Å²) in [7, 11) is 2.21. The van der Waals surface area contributed by atoms with E-state index in [4.69, 9.17) is 15.2 Å². The largest absolute Gasteiger partial charge is 0.382 e. The summed E-state index contributed by atoms with van der Waals surface area (Å²) in [4.78, 5) is 27.2. The molecule has 1 aliphatic carbocycles. The molecule has 42 heavy (non-hydrogen) atoms. The highest BCUT2D eigenvalue weighted by atomic mass is 16.5. The predicted octanol–water partition coefficient (Wildman–Crippen LogP) is 5.18. The molecule has 1 saturated heterocycles. The number of nitrogen functional groups attached to an aromatic ring is 1. The Kier molecular flexibility index (Phi) is 7.63. The average molecular weight is 572 g/mol. The molecule has 3 aromatic heterocycles. The Morgan fingerprint density at radius 2 is 1.74 bits per heavy atom. The SMILES string of the molecule is CN1CCN([C@H]2CC[C@H](c3nc(-c4ccc(NC(=O)Nc5cc(C(C)(C)C)on5)cc4)c4c(N)nccn43)CC2)CC1. The number of hydrogen-bond donors (Lipinski definition) is 3. The van der Waals surface area contributed by atoms with Crippen molar-refractivity contribution in [2.75, 3.05) is 49.6 Å². The van der Waals surface area contributed by atoms with Crippen LogP contribution < -0.4 is 16.4 Å². The number of urea groups is 1. The normalized spacial score (nSPS) is 20.6. The third-order valence-corrected chi connectivity index (χ3v) is 8.63. The van der Waals surface area contributed by atoms with Crippen LogP contribution in [0.3, 0.4) is 0 Å². The third-order valence-electron chi connectivity index (χ3n) is 8.63. The number of aromatic nitrogens is 4. The molecule has 0 atom stereocenters. The second-order valence-corrected chi connectivity index (χ2v) is 12.7. The van der Waals surface area contributed by atoms with E-state index in [9.17, 15) is 4.79 Å². The molecule has 11 nitrogen and oxygen atoms in total. The first-order valence-electron chi connectivity index (χ1n) is 14.9. The van der Waals surface area contributed by atoms with Gasteiger partial charge in [0.05, 0.1) is 0 Å². The van der Waals surface area contributed by atoms with E-state index in [1.165, 1.54) is 12.8 Å². The van der Waals surface area contributed by atoms with Crippen LogP contribution in [0.5, 0.6) is 0 Å². The number of nitrogens with two attached hydrogens (primary N) is 1. The van der Waals surface area contributed by atoms with Gasteiger partial charge in [-0.15, -0.1) is 0 Å². The van der Waals surface area contributed by atoms with Crippen molar-refractivity contribution in [3.63, 3.8) is 0 Å². The molecule has 1 aromatic carbocycles. The standard InChI is InChI=1S/C31H41N9O2/c1-31(2,3)24-19-25(37-42-24)35-30(41)34-22-9-5-20(6-10-22)26-27-28(32)33-13-14-40(27)29(36-26)21-7-11-23(12-8-21)39-17-15-38(4)16-18-39/h5-6,9-10,13-14,19,21,23H,7-8,11-12,15-18H2,1-4H3,(H2,32,33)(H2,34,35,37,41)/t21-,23-. The minimum Gasteiger partial charge on any atom is -0.382 e. The molecule has 0 spiro atoms. The second-order valence-electron chi connectivity index (χ2n) is 12.7. The van der Waals surface area contributed by atoms with Gasteiger partial charge in [0.2, 0.25) is 0 Å². The lowest BCUT2D eigenvalue weighted by atomic mass is 9.84. The lowest BCUT2D eigenvalue weighted by Crippen LogP contribution is -2.49. The summed E-state index contributed by atoms with van der Waals surface area (Å²) in [6, 6.07) is 9.62. The number of anilines is 3. The molecule has 0 bridgehead atoms.